The Labute approximate surface area is 500 Å². The summed E-state index contributed by atoms with van der Waals surface area (Å²) in [4.78, 5) is 157. The molecule has 2 aliphatic rings. The van der Waals surface area contributed by atoms with Gasteiger partial charge in [-0.25, -0.2) is 0 Å². The number of aliphatic hydroxyl groups excluding tert-OH is 3. The van der Waals surface area contributed by atoms with Crippen molar-refractivity contribution in [2.24, 2.45) is 23.7 Å². The summed E-state index contributed by atoms with van der Waals surface area (Å²) in [5.41, 5.74) is 0.241. The zero-order valence-electron chi connectivity index (χ0n) is 51.3. The summed E-state index contributed by atoms with van der Waals surface area (Å²) >= 11 is 0. The molecule has 0 bridgehead atoms. The first-order chi connectivity index (χ1) is 40.3. The van der Waals surface area contributed by atoms with Gasteiger partial charge in [0.2, 0.25) is 59.1 Å². The van der Waals surface area contributed by atoms with E-state index in [9.17, 15) is 68.1 Å². The lowest BCUT2D eigenvalue weighted by molar-refractivity contribution is -0.139. The smallest absolute Gasteiger partial charge is 0.270 e. The van der Waals surface area contributed by atoms with Crippen molar-refractivity contribution in [2.45, 2.75) is 213 Å². The number of aliphatic hydroxyl groups is 3. The molecule has 3 rings (SSSR count). The van der Waals surface area contributed by atoms with Crippen LogP contribution in [0.2, 0.25) is 0 Å². The fraction of sp³-hybridized carbons (Fsp3) is 0.683. The predicted molar refractivity (Wildman–Crippen MR) is 317 cm³/mol. The van der Waals surface area contributed by atoms with Gasteiger partial charge in [0.1, 0.15) is 54.0 Å². The fourth-order valence-electron chi connectivity index (χ4n) is 10.1. The van der Waals surface area contributed by atoms with E-state index in [4.69, 9.17) is 0 Å². The number of carbonyl (C=O) groups excluding carboxylic acids is 11. The topological polar surface area (TPSA) is 372 Å². The summed E-state index contributed by atoms with van der Waals surface area (Å²) in [6.45, 7) is 15.7. The highest BCUT2D eigenvalue weighted by atomic mass is 16.3. The number of benzene rings is 1. The quantitative estimate of drug-likeness (QED) is 0.0687. The Bertz CT molecular complexity index is 2440. The highest BCUT2D eigenvalue weighted by Crippen LogP contribution is 2.22. The van der Waals surface area contributed by atoms with Crippen LogP contribution in [0.15, 0.2) is 42.1 Å². The van der Waals surface area contributed by atoms with Crippen LogP contribution in [0.5, 0.6) is 0 Å². The Balaban J connectivity index is 2.17. The number of hydrogen-bond acceptors (Lipinski definition) is 14. The van der Waals surface area contributed by atoms with E-state index in [0.29, 0.717) is 31.2 Å². The molecular formula is C60H97N11O14. The molecule has 0 aliphatic carbocycles. The van der Waals surface area contributed by atoms with Crippen molar-refractivity contribution in [2.75, 3.05) is 26.3 Å². The standard InChI is InChI=1S/C60H97N11O14/c1-11-15-17-22-39-30-48(75)63-42(23-25-72)53(78)64-41(14-4)60(85)71-33-40(74)31-47(71)57(82)65-43(24-26-73)54(79)67-46(29-38-20-18-16-19-21-38)55(80)66-45(28-35(7)8)56(81)69-51(37(10)13-3)59(84)70-50(36(9)12-2)58(83)68-44(27-34(5)6)52(77)61-32-49(76)62-39/h14,16,18-21,34-37,39-40,42-47,50-51,72-74H,11-13,15,17,22-33H2,1-10H3,(H,61,77)(H,62,76)(H,63,75)(H,64,78)(H,65,82)(H,66,80)(H,67,79)(H,68,83)(H,69,81)(H,70,84)/b41-14-. The molecule has 2 heterocycles. The largest absolute Gasteiger partial charge is 0.396 e. The normalized spacial score (nSPS) is 27.0. The highest BCUT2D eigenvalue weighted by molar-refractivity contribution is 6.02. The van der Waals surface area contributed by atoms with Crippen LogP contribution in [-0.4, -0.2) is 172 Å². The first kappa shape index (κ1) is 72.3. The number of allylic oxidation sites excluding steroid dienone is 1. The van der Waals surface area contributed by atoms with Gasteiger partial charge in [-0.2, -0.15) is 0 Å². The molecule has 1 aromatic carbocycles. The number of nitrogens with zero attached hydrogens (tertiary/aromatic N) is 1. The Morgan fingerprint density at radius 2 is 1.07 bits per heavy atom. The molecule has 11 amide bonds. The molecule has 12 unspecified atom stereocenters. The number of amides is 11. The maximum absolute atomic E-state index is 14.6. The molecular weight excluding hydrogens is 1100 g/mol. The Morgan fingerprint density at radius 1 is 0.565 bits per heavy atom. The molecule has 12 atom stereocenters. The molecule has 0 spiro atoms. The van der Waals surface area contributed by atoms with Gasteiger partial charge >= 0.3 is 0 Å². The zero-order valence-corrected chi connectivity index (χ0v) is 51.3. The van der Waals surface area contributed by atoms with E-state index in [1.54, 1.807) is 44.2 Å². The molecule has 0 radical (unpaired) electrons. The van der Waals surface area contributed by atoms with Crippen molar-refractivity contribution in [3.05, 3.63) is 47.7 Å². The molecule has 1 aromatic rings. The maximum Gasteiger partial charge on any atom is 0.270 e. The van der Waals surface area contributed by atoms with Gasteiger partial charge in [-0.3, -0.25) is 52.7 Å². The van der Waals surface area contributed by atoms with Crippen molar-refractivity contribution < 1.29 is 68.1 Å². The van der Waals surface area contributed by atoms with E-state index in [-0.39, 0.29) is 69.0 Å². The van der Waals surface area contributed by atoms with Gasteiger partial charge in [0.05, 0.1) is 12.6 Å². The van der Waals surface area contributed by atoms with Crippen molar-refractivity contribution >= 4 is 65.0 Å². The summed E-state index contributed by atoms with van der Waals surface area (Å²) in [5.74, 6) is -10.0. The Hall–Kier alpha value is -6.99. The molecule has 25 nitrogen and oxygen atoms in total. The lowest BCUT2D eigenvalue weighted by Gasteiger charge is -2.31. The zero-order chi connectivity index (χ0) is 63.5. The van der Waals surface area contributed by atoms with E-state index in [2.05, 4.69) is 53.2 Å². The van der Waals surface area contributed by atoms with Crippen molar-refractivity contribution in [3.63, 3.8) is 0 Å². The van der Waals surface area contributed by atoms with Crippen molar-refractivity contribution in [3.8, 4) is 0 Å². The fourth-order valence-corrected chi connectivity index (χ4v) is 10.1. The van der Waals surface area contributed by atoms with E-state index < -0.39 is 157 Å². The SMILES string of the molecule is C/C=C1\NC(=O)C(CCO)NC(=O)CC(CCCCC)NC(=O)CNC(=O)C(CC(C)C)NC(=O)C(C(C)CC)NC(=O)C(C(C)CC)NC(=O)C(CC(C)C)NC(=O)C(Cc2ccccc2)NC(=O)C(CCO)NC(=O)C2CC(O)CN2C1=O. The van der Waals surface area contributed by atoms with Gasteiger partial charge in [-0.1, -0.05) is 131 Å². The van der Waals surface area contributed by atoms with Crippen LogP contribution in [0.1, 0.15) is 152 Å². The van der Waals surface area contributed by atoms with E-state index in [0.717, 1.165) is 17.7 Å². The van der Waals surface area contributed by atoms with Crippen LogP contribution in [0, 0.1) is 23.7 Å². The number of fused-ring (bicyclic) bond motifs is 1. The minimum absolute atomic E-state index is 0.0703. The lowest BCUT2D eigenvalue weighted by atomic mass is 9.93. The predicted octanol–water partition coefficient (Wildman–Crippen LogP) is 0.139. The maximum atomic E-state index is 14.6. The molecule has 2 aliphatic heterocycles. The molecule has 85 heavy (non-hydrogen) atoms. The number of hydrogen-bond donors (Lipinski definition) is 13. The first-order valence-corrected chi connectivity index (χ1v) is 30.2. The third kappa shape index (κ3) is 23.8. The van der Waals surface area contributed by atoms with Crippen molar-refractivity contribution in [1.82, 2.24) is 58.1 Å². The minimum Gasteiger partial charge on any atom is -0.396 e. The molecule has 2 fully saturated rings. The summed E-state index contributed by atoms with van der Waals surface area (Å²) < 4.78 is 0. The van der Waals surface area contributed by atoms with Crippen LogP contribution in [-0.2, 0) is 59.2 Å². The monoisotopic (exact) mass is 1200 g/mol. The van der Waals surface area contributed by atoms with Gasteiger partial charge in [-0.05, 0) is 68.3 Å². The Morgan fingerprint density at radius 3 is 1.62 bits per heavy atom. The summed E-state index contributed by atoms with van der Waals surface area (Å²) in [7, 11) is 0. The molecule has 0 saturated carbocycles. The van der Waals surface area contributed by atoms with Crippen LogP contribution in [0.4, 0.5) is 0 Å². The summed E-state index contributed by atoms with van der Waals surface area (Å²) in [5, 5.41) is 57.9. The number of carbonyl (C=O) groups is 11. The average molecular weight is 1200 g/mol. The Kier molecular flexibility index (Phi) is 31.3. The first-order valence-electron chi connectivity index (χ1n) is 30.2. The highest BCUT2D eigenvalue weighted by Gasteiger charge is 2.42. The van der Waals surface area contributed by atoms with Gasteiger partial charge in [-0.15, -0.1) is 0 Å². The van der Waals surface area contributed by atoms with Crippen LogP contribution in [0.3, 0.4) is 0 Å². The minimum atomic E-state index is -1.52. The molecule has 25 heteroatoms. The third-order valence-electron chi connectivity index (χ3n) is 15.3. The number of unbranched alkanes of at least 4 members (excludes halogenated alkanes) is 2. The van der Waals surface area contributed by atoms with E-state index in [1.807, 2.05) is 48.5 Å². The molecule has 2 saturated heterocycles. The number of rotatable bonds is 18. The second kappa shape index (κ2) is 36.8. The summed E-state index contributed by atoms with van der Waals surface area (Å²) in [6.07, 6.45) is 2.09. The van der Waals surface area contributed by atoms with Crippen LogP contribution in [0.25, 0.3) is 0 Å². The average Bonchev–Trinajstić information content (AvgIpc) is 3.93. The third-order valence-corrected chi connectivity index (χ3v) is 15.3. The lowest BCUT2D eigenvalue weighted by Crippen LogP contribution is -2.62. The second-order valence-corrected chi connectivity index (χ2v) is 23.3. The van der Waals surface area contributed by atoms with Crippen LogP contribution >= 0.6 is 0 Å². The van der Waals surface area contributed by atoms with E-state index in [1.165, 1.54) is 13.0 Å². The van der Waals surface area contributed by atoms with Gasteiger partial charge < -0.3 is 73.4 Å². The van der Waals surface area contributed by atoms with Crippen molar-refractivity contribution in [1.29, 1.82) is 0 Å². The van der Waals surface area contributed by atoms with Gasteiger partial charge in [0, 0.05) is 45.1 Å². The molecule has 0 aromatic heterocycles. The van der Waals surface area contributed by atoms with Gasteiger partial charge in [0.15, 0.2) is 0 Å². The number of nitrogens with one attached hydrogen (secondary N) is 10. The van der Waals surface area contributed by atoms with Crippen LogP contribution < -0.4 is 53.2 Å². The van der Waals surface area contributed by atoms with Gasteiger partial charge in [0.25, 0.3) is 5.91 Å². The summed E-state index contributed by atoms with van der Waals surface area (Å²) in [6, 6.07) is -2.83. The molecule has 476 valence electrons. The molecule has 13 N–H and O–H groups in total. The van der Waals surface area contributed by atoms with E-state index >= 15 is 0 Å². The second-order valence-electron chi connectivity index (χ2n) is 23.3.